The Morgan fingerprint density at radius 2 is 1.85 bits per heavy atom. The maximum Gasteiger partial charge on any atom is 0.296 e. The molecule has 0 fully saturated rings. The monoisotopic (exact) mass is 208 g/mol. The van der Waals surface area contributed by atoms with Gasteiger partial charge < -0.3 is 0 Å². The van der Waals surface area contributed by atoms with Crippen LogP contribution in [0.4, 0.5) is 14.5 Å². The van der Waals surface area contributed by atoms with E-state index in [9.17, 15) is 17.2 Å². The van der Waals surface area contributed by atoms with E-state index in [1.165, 1.54) is 0 Å². The summed E-state index contributed by atoms with van der Waals surface area (Å²) in [6, 6.07) is 2.55. The van der Waals surface area contributed by atoms with E-state index < -0.39 is 21.8 Å². The van der Waals surface area contributed by atoms with E-state index >= 15 is 0 Å². The minimum Gasteiger partial charge on any atom is -0.271 e. The third kappa shape index (κ3) is 2.96. The molecule has 0 saturated carbocycles. The highest BCUT2D eigenvalue weighted by molar-refractivity contribution is 7.90. The van der Waals surface area contributed by atoms with Crippen molar-refractivity contribution in [2.75, 3.05) is 4.72 Å². The fourth-order valence-electron chi connectivity index (χ4n) is 0.724. The van der Waals surface area contributed by atoms with Crippen LogP contribution in [0.25, 0.3) is 0 Å². The van der Waals surface area contributed by atoms with Crippen LogP contribution in [0.15, 0.2) is 18.2 Å². The Bertz CT molecular complexity index is 419. The first-order valence-electron chi connectivity index (χ1n) is 3.14. The first-order chi connectivity index (χ1) is 5.88. The Kier molecular flexibility index (Phi) is 2.48. The van der Waals surface area contributed by atoms with Gasteiger partial charge in [-0.25, -0.2) is 13.9 Å². The van der Waals surface area contributed by atoms with Crippen molar-refractivity contribution >= 4 is 15.9 Å². The number of hydrogen-bond donors (Lipinski definition) is 2. The summed E-state index contributed by atoms with van der Waals surface area (Å²) in [6.07, 6.45) is 0. The molecule has 0 unspecified atom stereocenters. The molecule has 7 heteroatoms. The van der Waals surface area contributed by atoms with Gasteiger partial charge in [-0.2, -0.15) is 8.42 Å². The van der Waals surface area contributed by atoms with Crippen LogP contribution in [0.5, 0.6) is 0 Å². The summed E-state index contributed by atoms with van der Waals surface area (Å²) in [5, 5.41) is 4.60. The van der Waals surface area contributed by atoms with Gasteiger partial charge >= 0.3 is 0 Å². The van der Waals surface area contributed by atoms with Gasteiger partial charge in [-0.1, -0.05) is 0 Å². The van der Waals surface area contributed by atoms with Gasteiger partial charge in [-0.3, -0.25) is 4.72 Å². The molecular formula is C6H6F2N2O2S. The number of hydrogen-bond acceptors (Lipinski definition) is 2. The lowest BCUT2D eigenvalue weighted by Crippen LogP contribution is -2.21. The highest BCUT2D eigenvalue weighted by Crippen LogP contribution is 2.13. The smallest absolute Gasteiger partial charge is 0.271 e. The van der Waals surface area contributed by atoms with Crippen molar-refractivity contribution in [2.45, 2.75) is 0 Å². The zero-order valence-electron chi connectivity index (χ0n) is 6.29. The van der Waals surface area contributed by atoms with Crippen molar-refractivity contribution in [3.8, 4) is 0 Å². The van der Waals surface area contributed by atoms with Gasteiger partial charge in [0.2, 0.25) is 0 Å². The van der Waals surface area contributed by atoms with Crippen LogP contribution in [0.3, 0.4) is 0 Å². The van der Waals surface area contributed by atoms with Gasteiger partial charge in [0.1, 0.15) is 0 Å². The number of nitrogens with two attached hydrogens (primary N) is 1. The first-order valence-corrected chi connectivity index (χ1v) is 4.69. The molecule has 72 valence electrons. The van der Waals surface area contributed by atoms with Crippen molar-refractivity contribution < 1.29 is 17.2 Å². The highest BCUT2D eigenvalue weighted by Gasteiger charge is 2.05. The second-order valence-electron chi connectivity index (χ2n) is 2.28. The average Bonchev–Trinajstić information content (AvgIpc) is 1.94. The maximum absolute atomic E-state index is 12.5. The molecule has 0 aliphatic rings. The van der Waals surface area contributed by atoms with Crippen LogP contribution < -0.4 is 9.86 Å². The summed E-state index contributed by atoms with van der Waals surface area (Å²) in [7, 11) is -3.95. The van der Waals surface area contributed by atoms with E-state index in [1.807, 2.05) is 0 Å². The van der Waals surface area contributed by atoms with E-state index in [-0.39, 0.29) is 5.69 Å². The molecule has 0 bridgehead atoms. The van der Waals surface area contributed by atoms with Crippen molar-refractivity contribution in [1.82, 2.24) is 0 Å². The molecule has 1 rings (SSSR count). The third-order valence-electron chi connectivity index (χ3n) is 1.18. The van der Waals surface area contributed by atoms with E-state index in [2.05, 4.69) is 5.14 Å². The molecular weight excluding hydrogens is 202 g/mol. The molecule has 0 heterocycles. The first kappa shape index (κ1) is 9.87. The molecule has 3 N–H and O–H groups in total. The van der Waals surface area contributed by atoms with Gasteiger partial charge in [0.05, 0.1) is 5.69 Å². The molecule has 0 spiro atoms. The lowest BCUT2D eigenvalue weighted by Gasteiger charge is -2.02. The lowest BCUT2D eigenvalue weighted by molar-refractivity contribution is 0.509. The molecule has 0 aliphatic carbocycles. The molecule has 1 aromatic rings. The summed E-state index contributed by atoms with van der Waals surface area (Å²) < 4.78 is 47.5. The largest absolute Gasteiger partial charge is 0.296 e. The van der Waals surface area contributed by atoms with Crippen molar-refractivity contribution in [2.24, 2.45) is 5.14 Å². The van der Waals surface area contributed by atoms with E-state index in [0.717, 1.165) is 12.1 Å². The second-order valence-corrected chi connectivity index (χ2v) is 3.57. The number of rotatable bonds is 2. The highest BCUT2D eigenvalue weighted by atomic mass is 32.2. The van der Waals surface area contributed by atoms with Crippen molar-refractivity contribution in [3.63, 3.8) is 0 Å². The van der Waals surface area contributed by atoms with Gasteiger partial charge in [-0.15, -0.1) is 0 Å². The quantitative estimate of drug-likeness (QED) is 0.746. The molecule has 13 heavy (non-hydrogen) atoms. The van der Waals surface area contributed by atoms with Crippen LogP contribution in [-0.4, -0.2) is 8.42 Å². The van der Waals surface area contributed by atoms with Gasteiger partial charge in [0.25, 0.3) is 10.2 Å². The van der Waals surface area contributed by atoms with Crippen LogP contribution >= 0.6 is 0 Å². The SMILES string of the molecule is NS(=O)(=O)Nc1ccc(F)c(F)c1. The van der Waals surface area contributed by atoms with E-state index in [0.29, 0.717) is 6.07 Å². The van der Waals surface area contributed by atoms with Gasteiger partial charge in [-0.05, 0) is 12.1 Å². The zero-order chi connectivity index (χ0) is 10.1. The van der Waals surface area contributed by atoms with Crippen LogP contribution in [-0.2, 0) is 10.2 Å². The number of nitrogens with one attached hydrogen (secondary N) is 1. The predicted molar refractivity (Wildman–Crippen MR) is 43.1 cm³/mol. The minimum absolute atomic E-state index is 0.124. The minimum atomic E-state index is -3.95. The third-order valence-corrected chi connectivity index (χ3v) is 1.70. The lowest BCUT2D eigenvalue weighted by atomic mass is 10.3. The van der Waals surface area contributed by atoms with E-state index in [4.69, 9.17) is 0 Å². The summed E-state index contributed by atoms with van der Waals surface area (Å²) in [6.45, 7) is 0. The molecule has 0 aliphatic heterocycles. The van der Waals surface area contributed by atoms with Crippen LogP contribution in [0.2, 0.25) is 0 Å². The Balaban J connectivity index is 2.99. The van der Waals surface area contributed by atoms with Crippen molar-refractivity contribution in [1.29, 1.82) is 0 Å². The summed E-state index contributed by atoms with van der Waals surface area (Å²) in [4.78, 5) is 0. The van der Waals surface area contributed by atoms with Crippen LogP contribution in [0.1, 0.15) is 0 Å². The molecule has 1 aromatic carbocycles. The standard InChI is InChI=1S/C6H6F2N2O2S/c7-5-2-1-4(3-6(5)8)10-13(9,11)12/h1-3,10H,(H2,9,11,12). The number of halogens is 2. The molecule has 4 nitrogen and oxygen atoms in total. The van der Waals surface area contributed by atoms with Crippen molar-refractivity contribution in [3.05, 3.63) is 29.8 Å². The van der Waals surface area contributed by atoms with Crippen LogP contribution in [0, 0.1) is 11.6 Å². The number of anilines is 1. The van der Waals surface area contributed by atoms with Gasteiger partial charge in [0.15, 0.2) is 11.6 Å². The summed E-state index contributed by atoms with van der Waals surface area (Å²) in [5.74, 6) is -2.20. The predicted octanol–water partition coefficient (Wildman–Crippen LogP) is 0.580. The summed E-state index contributed by atoms with van der Waals surface area (Å²) >= 11 is 0. The van der Waals surface area contributed by atoms with E-state index in [1.54, 1.807) is 4.72 Å². The molecule has 0 amide bonds. The molecule has 0 aromatic heterocycles. The maximum atomic E-state index is 12.5. The Morgan fingerprint density at radius 3 is 2.31 bits per heavy atom. The average molecular weight is 208 g/mol. The van der Waals surface area contributed by atoms with Gasteiger partial charge in [0, 0.05) is 6.07 Å². The Hall–Kier alpha value is -1.21. The fourth-order valence-corrected chi connectivity index (χ4v) is 1.18. The number of benzene rings is 1. The Morgan fingerprint density at radius 1 is 1.23 bits per heavy atom. The molecule has 0 saturated heterocycles. The fraction of sp³-hybridized carbons (Fsp3) is 0. The molecule has 0 radical (unpaired) electrons. The Labute approximate surface area is 73.5 Å². The zero-order valence-corrected chi connectivity index (χ0v) is 7.11. The molecule has 0 atom stereocenters. The summed E-state index contributed by atoms with van der Waals surface area (Å²) in [5.41, 5.74) is -0.124. The second kappa shape index (κ2) is 3.27. The normalized spacial score (nSPS) is 11.3. The topological polar surface area (TPSA) is 72.2 Å².